The second-order valence-corrected chi connectivity index (χ2v) is 3.80. The van der Waals surface area contributed by atoms with Crippen LogP contribution in [0.15, 0.2) is 23.1 Å². The van der Waals surface area contributed by atoms with E-state index in [2.05, 4.69) is 0 Å². The molecule has 0 heterocycles. The van der Waals surface area contributed by atoms with Crippen molar-refractivity contribution in [3.8, 4) is 5.75 Å². The van der Waals surface area contributed by atoms with Gasteiger partial charge in [0.05, 0.1) is 17.7 Å². The Morgan fingerprint density at radius 3 is 2.43 bits per heavy atom. The molecule has 1 aromatic rings. The van der Waals surface area contributed by atoms with E-state index >= 15 is 0 Å². The third-order valence-electron chi connectivity index (χ3n) is 1.50. The molecular weight excluding hydrogens is 217 g/mol. The van der Waals surface area contributed by atoms with Gasteiger partial charge in [0.25, 0.3) is 10.1 Å². The van der Waals surface area contributed by atoms with Crippen molar-refractivity contribution in [3.05, 3.63) is 18.2 Å². The summed E-state index contributed by atoms with van der Waals surface area (Å²) in [5.74, 6) is 0.218. The van der Waals surface area contributed by atoms with Gasteiger partial charge < -0.3 is 10.5 Å². The minimum Gasteiger partial charge on any atom is -0.495 e. The molecule has 0 bridgehead atoms. The summed E-state index contributed by atoms with van der Waals surface area (Å²) in [5, 5.41) is 0. The van der Waals surface area contributed by atoms with Crippen LogP contribution in [0.3, 0.4) is 0 Å². The van der Waals surface area contributed by atoms with Gasteiger partial charge in [-0.25, -0.2) is 0 Å². The van der Waals surface area contributed by atoms with Gasteiger partial charge in [-0.15, -0.1) is 0 Å². The normalized spacial score (nSPS) is 10.4. The van der Waals surface area contributed by atoms with Crippen molar-refractivity contribution < 1.29 is 17.7 Å². The summed E-state index contributed by atoms with van der Waals surface area (Å²) in [6.07, 6.45) is 0. The number of nitrogen functional groups attached to an aromatic ring is 1. The van der Waals surface area contributed by atoms with E-state index in [4.69, 9.17) is 15.0 Å². The maximum Gasteiger partial charge on any atom is 0.294 e. The van der Waals surface area contributed by atoms with Crippen molar-refractivity contribution in [2.24, 2.45) is 0 Å². The van der Waals surface area contributed by atoms with Crippen LogP contribution in [0.25, 0.3) is 0 Å². The van der Waals surface area contributed by atoms with Crippen molar-refractivity contribution >= 4 is 45.4 Å². The van der Waals surface area contributed by atoms with Gasteiger partial charge in [0.2, 0.25) is 0 Å². The number of hydrogen-bond acceptors (Lipinski definition) is 4. The average Bonchev–Trinajstić information content (AvgIpc) is 2.03. The topological polar surface area (TPSA) is 89.6 Å². The van der Waals surface area contributed by atoms with Gasteiger partial charge >= 0.3 is 0 Å². The molecule has 0 saturated carbocycles. The van der Waals surface area contributed by atoms with E-state index in [9.17, 15) is 8.42 Å². The molecule has 0 saturated heterocycles. The first-order valence-electron chi connectivity index (χ1n) is 3.36. The van der Waals surface area contributed by atoms with Crippen molar-refractivity contribution in [2.75, 3.05) is 12.8 Å². The number of hydrogen-bond donors (Lipinski definition) is 2. The minimum absolute atomic E-state index is 0. The first-order chi connectivity index (χ1) is 5.95. The van der Waals surface area contributed by atoms with Gasteiger partial charge in [-0.05, 0) is 12.1 Å². The molecular formula is C7H9NNaO4S. The van der Waals surface area contributed by atoms with Gasteiger partial charge in [0, 0.05) is 35.6 Å². The molecule has 14 heavy (non-hydrogen) atoms. The van der Waals surface area contributed by atoms with Gasteiger partial charge in [-0.2, -0.15) is 8.42 Å². The molecule has 73 valence electrons. The van der Waals surface area contributed by atoms with E-state index in [1.165, 1.54) is 19.2 Å². The number of ether oxygens (including phenoxy) is 1. The number of nitrogens with two attached hydrogens (primary N) is 1. The summed E-state index contributed by atoms with van der Waals surface area (Å²) >= 11 is 0. The molecule has 0 aromatic heterocycles. The Kier molecular flexibility index (Phi) is 4.90. The molecule has 3 N–H and O–H groups in total. The Hall–Kier alpha value is -0.270. The Morgan fingerprint density at radius 1 is 1.43 bits per heavy atom. The molecule has 0 aliphatic rings. The molecule has 5 nitrogen and oxygen atoms in total. The quantitative estimate of drug-likeness (QED) is 0.425. The Bertz CT molecular complexity index is 418. The van der Waals surface area contributed by atoms with E-state index in [1.54, 1.807) is 0 Å². The molecule has 0 amide bonds. The Balaban J connectivity index is 0.00000169. The summed E-state index contributed by atoms with van der Waals surface area (Å²) < 4.78 is 34.8. The van der Waals surface area contributed by atoms with E-state index in [1.807, 2.05) is 0 Å². The summed E-state index contributed by atoms with van der Waals surface area (Å²) in [6, 6.07) is 3.71. The summed E-state index contributed by atoms with van der Waals surface area (Å²) in [4.78, 5) is -0.237. The van der Waals surface area contributed by atoms with Crippen molar-refractivity contribution in [1.29, 1.82) is 0 Å². The summed E-state index contributed by atoms with van der Waals surface area (Å²) in [7, 11) is -2.83. The fourth-order valence-corrected chi connectivity index (χ4v) is 1.35. The van der Waals surface area contributed by atoms with Crippen LogP contribution in [0.4, 0.5) is 5.69 Å². The summed E-state index contributed by atoms with van der Waals surface area (Å²) in [6.45, 7) is 0. The monoisotopic (exact) mass is 226 g/mol. The van der Waals surface area contributed by atoms with Crippen LogP contribution >= 0.6 is 0 Å². The van der Waals surface area contributed by atoms with Crippen LogP contribution in [-0.4, -0.2) is 49.6 Å². The van der Waals surface area contributed by atoms with Crippen molar-refractivity contribution in [3.63, 3.8) is 0 Å². The number of benzene rings is 1. The second kappa shape index (κ2) is 4.99. The molecule has 1 aromatic carbocycles. The summed E-state index contributed by atoms with van der Waals surface area (Å²) in [5.41, 5.74) is 5.76. The SMILES string of the molecule is COc1cc(S(=O)(=O)O)ccc1N.[Na]. The average molecular weight is 226 g/mol. The molecule has 7 heteroatoms. The Labute approximate surface area is 104 Å². The van der Waals surface area contributed by atoms with E-state index < -0.39 is 10.1 Å². The molecule has 0 aliphatic carbocycles. The smallest absolute Gasteiger partial charge is 0.294 e. The van der Waals surface area contributed by atoms with Crippen molar-refractivity contribution in [2.45, 2.75) is 4.90 Å². The van der Waals surface area contributed by atoms with Crippen LogP contribution in [-0.2, 0) is 10.1 Å². The largest absolute Gasteiger partial charge is 0.495 e. The van der Waals surface area contributed by atoms with E-state index in [-0.39, 0.29) is 40.2 Å². The molecule has 0 atom stereocenters. The molecule has 1 radical (unpaired) electrons. The third-order valence-corrected chi connectivity index (χ3v) is 2.35. The third kappa shape index (κ3) is 3.14. The standard InChI is InChI=1S/C7H9NO4S.Na/c1-12-7-4-5(13(9,10)11)2-3-6(7)8;/h2-4H,8H2,1H3,(H,9,10,11);. The predicted octanol–water partition coefficient (Wildman–Crippen LogP) is 0.143. The molecule has 1 rings (SSSR count). The van der Waals surface area contributed by atoms with E-state index in [0.29, 0.717) is 5.69 Å². The molecule has 0 spiro atoms. The fourth-order valence-electron chi connectivity index (χ4n) is 0.852. The molecule has 0 aliphatic heterocycles. The maximum absolute atomic E-state index is 10.7. The number of rotatable bonds is 2. The zero-order chi connectivity index (χ0) is 10.1. The van der Waals surface area contributed by atoms with Crippen LogP contribution in [0, 0.1) is 0 Å². The maximum atomic E-state index is 10.7. The first kappa shape index (κ1) is 13.7. The van der Waals surface area contributed by atoms with Gasteiger partial charge in [-0.3, -0.25) is 4.55 Å². The van der Waals surface area contributed by atoms with E-state index in [0.717, 1.165) is 6.07 Å². The van der Waals surface area contributed by atoms with Gasteiger partial charge in [-0.1, -0.05) is 0 Å². The predicted molar refractivity (Wildman–Crippen MR) is 53.0 cm³/mol. The van der Waals surface area contributed by atoms with Gasteiger partial charge in [0.1, 0.15) is 5.75 Å². The fraction of sp³-hybridized carbons (Fsp3) is 0.143. The van der Waals surface area contributed by atoms with Crippen LogP contribution in [0.5, 0.6) is 5.75 Å². The Morgan fingerprint density at radius 2 is 2.00 bits per heavy atom. The number of anilines is 1. The molecule has 0 fully saturated rings. The zero-order valence-corrected chi connectivity index (χ0v) is 10.7. The van der Waals surface area contributed by atoms with Crippen LogP contribution < -0.4 is 10.5 Å². The van der Waals surface area contributed by atoms with Gasteiger partial charge in [0.15, 0.2) is 0 Å². The van der Waals surface area contributed by atoms with Crippen LogP contribution in [0.1, 0.15) is 0 Å². The second-order valence-electron chi connectivity index (χ2n) is 2.38. The minimum atomic E-state index is -4.19. The number of methoxy groups -OCH3 is 1. The van der Waals surface area contributed by atoms with Crippen LogP contribution in [0.2, 0.25) is 0 Å². The molecule has 0 unspecified atom stereocenters. The zero-order valence-electron chi connectivity index (χ0n) is 7.89. The first-order valence-corrected chi connectivity index (χ1v) is 4.80. The van der Waals surface area contributed by atoms with Crippen molar-refractivity contribution in [1.82, 2.24) is 0 Å².